The largest absolute Gasteiger partial charge is 0.573 e. The molecule has 0 N–H and O–H groups in total. The Morgan fingerprint density at radius 2 is 1.73 bits per heavy atom. The van der Waals surface area contributed by atoms with E-state index in [4.69, 9.17) is 0 Å². The Hall–Kier alpha value is -1.83. The van der Waals surface area contributed by atoms with Gasteiger partial charge in [0.2, 0.25) is 5.75 Å². The maximum atomic E-state index is 12.6. The van der Waals surface area contributed by atoms with Gasteiger partial charge in [-0.15, -0.1) is 13.2 Å². The smallest absolute Gasteiger partial charge is 0.397 e. The molecule has 22 heavy (non-hydrogen) atoms. The summed E-state index contributed by atoms with van der Waals surface area (Å²) in [5, 5.41) is 10.5. The predicted octanol–water partition coefficient (Wildman–Crippen LogP) is 2.83. The van der Waals surface area contributed by atoms with Crippen molar-refractivity contribution in [1.82, 2.24) is 4.98 Å². The molecule has 1 aromatic heterocycles. The summed E-state index contributed by atoms with van der Waals surface area (Å²) < 4.78 is 99.2. The van der Waals surface area contributed by atoms with Crippen molar-refractivity contribution in [2.24, 2.45) is 0 Å². The molecule has 0 atom stereocenters. The van der Waals surface area contributed by atoms with E-state index in [1.165, 1.54) is 0 Å². The van der Waals surface area contributed by atoms with Crippen molar-refractivity contribution in [2.75, 3.05) is 0 Å². The lowest BCUT2D eigenvalue weighted by Gasteiger charge is -2.11. The zero-order valence-electron chi connectivity index (χ0n) is 9.57. The number of rotatable bonds is 3. The molecule has 0 saturated carbocycles. The molecule has 0 amide bonds. The van der Waals surface area contributed by atoms with Gasteiger partial charge in [0, 0.05) is 16.7 Å². The first-order valence-electron chi connectivity index (χ1n) is 4.60. The number of nitro groups is 1. The average Bonchev–Trinajstić information content (AvgIpc) is 2.22. The highest BCUT2D eigenvalue weighted by Crippen LogP contribution is 2.40. The van der Waals surface area contributed by atoms with E-state index in [9.17, 15) is 44.9 Å². The second-order valence-corrected chi connectivity index (χ2v) is 5.93. The van der Waals surface area contributed by atoms with Gasteiger partial charge in [0.1, 0.15) is 4.90 Å². The van der Waals surface area contributed by atoms with Crippen molar-refractivity contribution in [3.63, 3.8) is 0 Å². The maximum absolute atomic E-state index is 12.6. The molecule has 7 nitrogen and oxygen atoms in total. The molecule has 0 radical (unpaired) electrons. The average molecular weight is 375 g/mol. The monoisotopic (exact) mass is 374 g/mol. The Bertz CT molecular complexity index is 715. The number of hydrogen-bond acceptors (Lipinski definition) is 6. The van der Waals surface area contributed by atoms with Gasteiger partial charge in [-0.3, -0.25) is 0 Å². The van der Waals surface area contributed by atoms with Gasteiger partial charge in [-0.05, 0) is 9.91 Å². The number of pyridine rings is 1. The van der Waals surface area contributed by atoms with Gasteiger partial charge in [-0.2, -0.15) is 13.2 Å². The van der Waals surface area contributed by atoms with E-state index in [-0.39, 0.29) is 6.07 Å². The lowest BCUT2D eigenvalue weighted by Crippen LogP contribution is -2.20. The van der Waals surface area contributed by atoms with E-state index in [1.54, 1.807) is 0 Å². The minimum atomic E-state index is -5.54. The molecule has 0 aliphatic heterocycles. The van der Waals surface area contributed by atoms with Crippen LogP contribution in [0.2, 0.25) is 0 Å². The van der Waals surface area contributed by atoms with Crippen LogP contribution in [0.3, 0.4) is 0 Å². The van der Waals surface area contributed by atoms with Crippen molar-refractivity contribution in [3.05, 3.63) is 21.9 Å². The fourth-order valence-electron chi connectivity index (χ4n) is 1.19. The summed E-state index contributed by atoms with van der Waals surface area (Å²) in [6, 6.07) is -0.371. The third-order valence-corrected chi connectivity index (χ3v) is 3.20. The second-order valence-electron chi connectivity index (χ2n) is 3.40. The van der Waals surface area contributed by atoms with Crippen LogP contribution < -0.4 is 4.74 Å². The van der Waals surface area contributed by atoms with Gasteiger partial charge in [-0.1, -0.05) is 0 Å². The topological polar surface area (TPSA) is 99.4 Å². The van der Waals surface area contributed by atoms with E-state index < -0.39 is 48.7 Å². The lowest BCUT2D eigenvalue weighted by molar-refractivity contribution is -0.393. The van der Waals surface area contributed by atoms with E-state index >= 15 is 0 Å². The molecule has 0 aromatic carbocycles. The van der Waals surface area contributed by atoms with E-state index in [0.29, 0.717) is 0 Å². The minimum Gasteiger partial charge on any atom is -0.397 e. The molecule has 0 aliphatic rings. The molecule has 1 rings (SSSR count). The zero-order chi connectivity index (χ0) is 17.5. The van der Waals surface area contributed by atoms with Crippen LogP contribution in [0.5, 0.6) is 5.75 Å². The summed E-state index contributed by atoms with van der Waals surface area (Å²) in [6.07, 6.45) is -11.1. The van der Waals surface area contributed by atoms with Crippen LogP contribution in [-0.2, 0) is 15.2 Å². The predicted molar refractivity (Wildman–Crippen MR) is 55.6 cm³/mol. The fourth-order valence-corrected chi connectivity index (χ4v) is 2.18. The summed E-state index contributed by atoms with van der Waals surface area (Å²) in [5.74, 6) is -3.83. The zero-order valence-corrected chi connectivity index (χ0v) is 11.1. The van der Waals surface area contributed by atoms with Crippen LogP contribution in [0.1, 0.15) is 5.69 Å². The summed E-state index contributed by atoms with van der Waals surface area (Å²) in [5.41, 5.74) is -2.34. The van der Waals surface area contributed by atoms with Gasteiger partial charge >= 0.3 is 18.4 Å². The highest BCUT2D eigenvalue weighted by Gasteiger charge is 2.47. The van der Waals surface area contributed by atoms with Gasteiger partial charge < -0.3 is 14.9 Å². The molecule has 0 unspecified atom stereocenters. The van der Waals surface area contributed by atoms with E-state index in [0.717, 1.165) is 0 Å². The van der Waals surface area contributed by atoms with Crippen LogP contribution in [0.25, 0.3) is 0 Å². The van der Waals surface area contributed by atoms with Crippen molar-refractivity contribution < 1.29 is 44.4 Å². The molecule has 0 bridgehead atoms. The quantitative estimate of drug-likeness (QED) is 0.349. The molecular weight excluding hydrogens is 374 g/mol. The SMILES string of the molecule is O=[N+]([O-])c1nc(C(F)(F)F)c(S(=O)(=O)Cl)cc1OC(F)(F)F. The first-order valence-corrected chi connectivity index (χ1v) is 6.91. The molecule has 0 spiro atoms. The maximum Gasteiger partial charge on any atom is 0.573 e. The van der Waals surface area contributed by atoms with Crippen molar-refractivity contribution >= 4 is 25.6 Å². The molecular formula is C7HClF6N2O5S. The Morgan fingerprint density at radius 1 is 1.23 bits per heavy atom. The van der Waals surface area contributed by atoms with Gasteiger partial charge in [-0.25, -0.2) is 8.42 Å². The van der Waals surface area contributed by atoms with Crippen molar-refractivity contribution in [1.29, 1.82) is 0 Å². The van der Waals surface area contributed by atoms with Crippen LogP contribution in [-0.4, -0.2) is 24.7 Å². The summed E-state index contributed by atoms with van der Waals surface area (Å²) in [6.45, 7) is 0. The molecule has 124 valence electrons. The Labute approximate surface area is 121 Å². The van der Waals surface area contributed by atoms with Gasteiger partial charge in [0.25, 0.3) is 14.7 Å². The van der Waals surface area contributed by atoms with Crippen molar-refractivity contribution in [2.45, 2.75) is 17.4 Å². The lowest BCUT2D eigenvalue weighted by atomic mass is 10.3. The van der Waals surface area contributed by atoms with E-state index in [1.807, 2.05) is 0 Å². The Morgan fingerprint density at radius 3 is 2.05 bits per heavy atom. The Balaban J connectivity index is 3.77. The Kier molecular flexibility index (Phi) is 4.49. The fraction of sp³-hybridized carbons (Fsp3) is 0.286. The van der Waals surface area contributed by atoms with E-state index in [2.05, 4.69) is 20.4 Å². The molecule has 0 fully saturated rings. The number of aromatic nitrogens is 1. The number of alkyl halides is 6. The molecule has 15 heteroatoms. The first-order chi connectivity index (χ1) is 9.63. The second kappa shape index (κ2) is 5.42. The van der Waals surface area contributed by atoms with Crippen LogP contribution in [0.15, 0.2) is 11.0 Å². The van der Waals surface area contributed by atoms with Crippen LogP contribution >= 0.6 is 10.7 Å². The summed E-state index contributed by atoms with van der Waals surface area (Å²) in [7, 11) is -0.547. The highest BCUT2D eigenvalue weighted by atomic mass is 35.7. The third kappa shape index (κ3) is 4.33. The summed E-state index contributed by atoms with van der Waals surface area (Å²) >= 11 is 0. The minimum absolute atomic E-state index is 0.371. The van der Waals surface area contributed by atoms with Gasteiger partial charge in [0.15, 0.2) is 0 Å². The molecule has 0 saturated heterocycles. The highest BCUT2D eigenvalue weighted by molar-refractivity contribution is 8.13. The third-order valence-electron chi connectivity index (χ3n) is 1.86. The van der Waals surface area contributed by atoms with Crippen LogP contribution in [0, 0.1) is 10.1 Å². The number of ether oxygens (including phenoxy) is 1. The normalized spacial score (nSPS) is 13.0. The van der Waals surface area contributed by atoms with Crippen molar-refractivity contribution in [3.8, 4) is 5.75 Å². The number of hydrogen-bond donors (Lipinski definition) is 0. The molecule has 1 heterocycles. The number of halogens is 7. The first kappa shape index (κ1) is 18.2. The molecule has 0 aliphatic carbocycles. The number of nitrogens with zero attached hydrogens (tertiary/aromatic N) is 2. The van der Waals surface area contributed by atoms with Gasteiger partial charge in [0.05, 0.1) is 0 Å². The standard InChI is InChI=1S/C7HClF6N2O5S/c8-22(19,20)3-1-2(21-7(12,13)14)5(16(17)18)15-4(3)6(9,10)11/h1H. The summed E-state index contributed by atoms with van der Waals surface area (Å²) in [4.78, 5) is 9.16. The van der Waals surface area contributed by atoms with Crippen LogP contribution in [0.4, 0.5) is 32.2 Å². The molecule has 1 aromatic rings.